The second-order valence-electron chi connectivity index (χ2n) is 17.6. The molecule has 0 saturated carbocycles. The van der Waals surface area contributed by atoms with Crippen LogP contribution in [-0.4, -0.2) is 20.9 Å². The number of amidine groups is 1. The molecule has 3 heterocycles. The van der Waals surface area contributed by atoms with E-state index in [9.17, 15) is 0 Å². The van der Waals surface area contributed by atoms with Gasteiger partial charge in [-0.2, -0.15) is 4.99 Å². The molecule has 1 aliphatic heterocycles. The number of aliphatic imine (C=N–C) groups is 2. The van der Waals surface area contributed by atoms with Gasteiger partial charge in [0, 0.05) is 50.2 Å². The summed E-state index contributed by atoms with van der Waals surface area (Å²) in [5.74, 6) is 1.83. The first kappa shape index (κ1) is 34.3. The van der Waals surface area contributed by atoms with E-state index >= 15 is 0 Å². The Balaban J connectivity index is 1.19. The lowest BCUT2D eigenvalue weighted by Gasteiger charge is -2.42. The summed E-state index contributed by atoms with van der Waals surface area (Å²) in [4.78, 5) is 11.3. The lowest BCUT2D eigenvalue weighted by molar-refractivity contribution is 0.631. The van der Waals surface area contributed by atoms with Crippen molar-refractivity contribution in [1.29, 1.82) is 0 Å². The second-order valence-corrected chi connectivity index (χ2v) is 17.6. The fourth-order valence-corrected chi connectivity index (χ4v) is 11.9. The lowest BCUT2D eigenvalue weighted by atomic mass is 9.61. The molecule has 0 amide bonds. The summed E-state index contributed by atoms with van der Waals surface area (Å²) >= 11 is 0. The highest BCUT2D eigenvalue weighted by Gasteiger charge is 2.45. The highest BCUT2D eigenvalue weighted by atomic mass is 15.3. The van der Waals surface area contributed by atoms with Crippen molar-refractivity contribution in [2.75, 3.05) is 0 Å². The number of hydrogen-bond donors (Lipinski definition) is 1. The van der Waals surface area contributed by atoms with Gasteiger partial charge in [0.25, 0.3) is 0 Å². The third kappa shape index (κ3) is 4.47. The van der Waals surface area contributed by atoms with Gasteiger partial charge in [-0.1, -0.05) is 188 Å². The van der Waals surface area contributed by atoms with Crippen molar-refractivity contribution >= 4 is 88.0 Å². The first-order valence-electron chi connectivity index (χ1n) is 22.3. The van der Waals surface area contributed by atoms with Crippen LogP contribution in [0.1, 0.15) is 28.6 Å². The molecule has 15 rings (SSSR count). The van der Waals surface area contributed by atoms with Gasteiger partial charge < -0.3 is 9.88 Å². The van der Waals surface area contributed by atoms with Crippen LogP contribution in [0.4, 0.5) is 0 Å². The Morgan fingerprint density at radius 1 is 0.469 bits per heavy atom. The first-order valence-corrected chi connectivity index (χ1v) is 22.3. The van der Waals surface area contributed by atoms with Crippen LogP contribution >= 0.6 is 0 Å². The molecule has 5 aliphatic rings. The van der Waals surface area contributed by atoms with Gasteiger partial charge in [0.2, 0.25) is 5.96 Å². The van der Waals surface area contributed by atoms with Crippen molar-refractivity contribution < 1.29 is 0 Å². The van der Waals surface area contributed by atoms with Crippen LogP contribution in [0.25, 0.3) is 81.9 Å². The highest BCUT2D eigenvalue weighted by Crippen LogP contribution is 2.59. The van der Waals surface area contributed by atoms with E-state index in [-0.39, 0.29) is 18.0 Å². The van der Waals surface area contributed by atoms with Gasteiger partial charge in [-0.15, -0.1) is 0 Å². The van der Waals surface area contributed by atoms with Crippen molar-refractivity contribution in [2.24, 2.45) is 21.8 Å². The molecular formula is C59H37N5. The van der Waals surface area contributed by atoms with Crippen LogP contribution in [0.5, 0.6) is 0 Å². The minimum atomic E-state index is -0.372. The Bertz CT molecular complexity index is 3960. The third-order valence-electron chi connectivity index (χ3n) is 14.5. The lowest BCUT2D eigenvalue weighted by Crippen LogP contribution is -2.36. The van der Waals surface area contributed by atoms with Gasteiger partial charge in [-0.05, 0) is 66.9 Å². The predicted octanol–water partition coefficient (Wildman–Crippen LogP) is 13.6. The van der Waals surface area contributed by atoms with E-state index in [1.54, 1.807) is 0 Å². The summed E-state index contributed by atoms with van der Waals surface area (Å²) in [5.41, 5.74) is 14.4. The summed E-state index contributed by atoms with van der Waals surface area (Å²) in [6, 6.07) is 55.1. The number of benzene rings is 8. The van der Waals surface area contributed by atoms with E-state index < -0.39 is 0 Å². The zero-order valence-electron chi connectivity index (χ0n) is 34.6. The number of hydrogen-bond acceptors (Lipinski definition) is 3. The molecule has 1 N–H and O–H groups in total. The zero-order valence-corrected chi connectivity index (χ0v) is 34.6. The Morgan fingerprint density at radius 3 is 1.83 bits per heavy atom. The molecule has 2 aromatic heterocycles. The van der Waals surface area contributed by atoms with Crippen molar-refractivity contribution in [2.45, 2.75) is 6.17 Å². The van der Waals surface area contributed by atoms with Gasteiger partial charge in [-0.25, -0.2) is 4.99 Å². The average Bonchev–Trinajstić information content (AvgIpc) is 3.91. The van der Waals surface area contributed by atoms with Crippen molar-refractivity contribution in [3.63, 3.8) is 0 Å². The molecule has 5 heteroatoms. The first-order chi connectivity index (χ1) is 31.8. The maximum Gasteiger partial charge on any atom is 0.234 e. The summed E-state index contributed by atoms with van der Waals surface area (Å²) in [6.07, 6.45) is 18.1. The number of aromatic nitrogens is 2. The van der Waals surface area contributed by atoms with E-state index in [0.29, 0.717) is 5.96 Å². The zero-order chi connectivity index (χ0) is 41.6. The van der Waals surface area contributed by atoms with Gasteiger partial charge in [0.05, 0.1) is 22.2 Å². The Morgan fingerprint density at radius 2 is 1.08 bits per heavy atom. The summed E-state index contributed by atoms with van der Waals surface area (Å²) in [7, 11) is 0. The van der Waals surface area contributed by atoms with Crippen molar-refractivity contribution in [3.8, 4) is 5.69 Å². The topological polar surface area (TPSA) is 46.6 Å². The molecule has 0 fully saturated rings. The van der Waals surface area contributed by atoms with Gasteiger partial charge >= 0.3 is 0 Å². The van der Waals surface area contributed by atoms with E-state index in [2.05, 4.69) is 215 Å². The molecule has 10 aromatic rings. The van der Waals surface area contributed by atoms with Crippen LogP contribution in [-0.2, 0) is 0 Å². The molecule has 8 aromatic carbocycles. The number of fused-ring (bicyclic) bond motifs is 11. The molecule has 3 unspecified atom stereocenters. The van der Waals surface area contributed by atoms with Gasteiger partial charge in [0.1, 0.15) is 12.0 Å². The number of allylic oxidation sites excluding steroid dienone is 12. The third-order valence-corrected chi connectivity index (χ3v) is 14.5. The number of para-hydroxylation sites is 1. The van der Waals surface area contributed by atoms with Crippen molar-refractivity contribution in [1.82, 2.24) is 14.5 Å². The molecule has 298 valence electrons. The fraction of sp³-hybridized carbons (Fsp3) is 0.0508. The number of nitrogens with one attached hydrogen (secondary N) is 1. The molecule has 0 spiro atoms. The summed E-state index contributed by atoms with van der Waals surface area (Å²) < 4.78 is 5.02. The van der Waals surface area contributed by atoms with Crippen LogP contribution in [0.3, 0.4) is 0 Å². The maximum atomic E-state index is 5.67. The Labute approximate surface area is 368 Å². The predicted molar refractivity (Wildman–Crippen MR) is 265 cm³/mol. The SMILES string of the molecule is C1=CC2=CC=C3C=CC=C4c5c(c6ccc7c8c9cccc%10ccc%11cccc(c%11c%109)c8n(-c8ccccc8)c7c6n5C5=NC(c6ccccc6)NC(c6ccccc6)=N5)C(=C1)C2C34. The molecule has 0 bridgehead atoms. The van der Waals surface area contributed by atoms with Crippen LogP contribution in [0.15, 0.2) is 221 Å². The van der Waals surface area contributed by atoms with E-state index in [1.807, 2.05) is 0 Å². The molecule has 3 atom stereocenters. The van der Waals surface area contributed by atoms with E-state index in [4.69, 9.17) is 9.98 Å². The monoisotopic (exact) mass is 815 g/mol. The number of nitrogens with zero attached hydrogens (tertiary/aromatic N) is 4. The summed E-state index contributed by atoms with van der Waals surface area (Å²) in [6.45, 7) is 0. The van der Waals surface area contributed by atoms with Crippen LogP contribution < -0.4 is 5.32 Å². The molecule has 0 saturated heterocycles. The molecule has 4 aliphatic carbocycles. The largest absolute Gasteiger partial charge is 0.344 e. The van der Waals surface area contributed by atoms with Crippen LogP contribution in [0.2, 0.25) is 0 Å². The molecule has 0 radical (unpaired) electrons. The quantitative estimate of drug-likeness (QED) is 0.177. The second kappa shape index (κ2) is 12.7. The van der Waals surface area contributed by atoms with Gasteiger partial charge in [-0.3, -0.25) is 4.57 Å². The Hall–Kier alpha value is -8.28. The molecule has 64 heavy (non-hydrogen) atoms. The fourth-order valence-electron chi connectivity index (χ4n) is 11.9. The summed E-state index contributed by atoms with van der Waals surface area (Å²) in [5, 5.41) is 15.1. The minimum Gasteiger partial charge on any atom is -0.344 e. The van der Waals surface area contributed by atoms with E-state index in [1.165, 1.54) is 81.8 Å². The normalized spacial score (nSPS) is 19.7. The number of rotatable bonds is 3. The smallest absolute Gasteiger partial charge is 0.234 e. The van der Waals surface area contributed by atoms with Gasteiger partial charge in [0.15, 0.2) is 0 Å². The maximum absolute atomic E-state index is 5.67. The van der Waals surface area contributed by atoms with Crippen LogP contribution in [0, 0.1) is 11.8 Å². The minimum absolute atomic E-state index is 0.163. The van der Waals surface area contributed by atoms with Crippen molar-refractivity contribution in [3.05, 3.63) is 234 Å². The average molecular weight is 816 g/mol. The molecular weight excluding hydrogens is 779 g/mol. The standard InChI is InChI=1S/C59H37N5/c1-4-14-38(15-5-1)57-60-58(39-16-6-2-7-17-39)62-59(61-57)64-54-44-27-13-21-37-31-29-35-19-11-25-42(48(35)50(37)44)52(54)46-33-32-45-51-41-24-10-18-34-28-30-36-20-12-26-43(49(36)47(34)41)53(51)63(55(45)56(46)64)40-22-8-3-9-23-40/h1-33,48,50,57H,(H,60,61,62). The highest BCUT2D eigenvalue weighted by molar-refractivity contribution is 6.39. The molecule has 5 nitrogen and oxygen atoms in total. The van der Waals surface area contributed by atoms with E-state index in [0.717, 1.165) is 39.4 Å². The Kier molecular flexibility index (Phi) is 6.79.